The predicted octanol–water partition coefficient (Wildman–Crippen LogP) is 11.9. The summed E-state index contributed by atoms with van der Waals surface area (Å²) in [6.45, 7) is 10.9. The van der Waals surface area contributed by atoms with E-state index in [0.29, 0.717) is 93.1 Å². The van der Waals surface area contributed by atoms with Gasteiger partial charge < -0.3 is 81.7 Å². The van der Waals surface area contributed by atoms with Gasteiger partial charge in [-0.25, -0.2) is 31.9 Å². The number of nitrogens with one attached hydrogen (secondary N) is 4. The summed E-state index contributed by atoms with van der Waals surface area (Å²) in [5, 5.41) is 39.4. The van der Waals surface area contributed by atoms with Crippen molar-refractivity contribution in [3.63, 3.8) is 0 Å². The van der Waals surface area contributed by atoms with Crippen LogP contribution in [0.5, 0.6) is 0 Å². The van der Waals surface area contributed by atoms with Gasteiger partial charge in [-0.05, 0) is 137 Å². The number of aliphatic hydroxyl groups is 1. The fourth-order valence-electron chi connectivity index (χ4n) is 16.5. The number of nitrogen functional groups attached to an aromatic ring is 4. The van der Waals surface area contributed by atoms with E-state index in [9.17, 15) is 56.6 Å². The number of ether oxygens (including phenoxy) is 2. The van der Waals surface area contributed by atoms with Crippen LogP contribution in [0.2, 0.25) is 0 Å². The van der Waals surface area contributed by atoms with E-state index in [1.807, 2.05) is 120 Å². The normalized spacial score (nSPS) is 16.0. The third kappa shape index (κ3) is 21.1. The molecule has 2 saturated carbocycles. The smallest absolute Gasteiger partial charge is 0.254 e. The van der Waals surface area contributed by atoms with E-state index in [1.54, 1.807) is 88.2 Å². The highest BCUT2D eigenvalue weighted by Crippen LogP contribution is 2.40. The molecule has 4 fully saturated rings. The van der Waals surface area contributed by atoms with Crippen LogP contribution in [0.15, 0.2) is 176 Å². The SMILES string of the molecule is Cc1ccc(C)c(C(=O)NCc2ccc(-c3nn(C4CCCC4)c(N)c3C(N)=O)cc2F)c1.Cc1ccccc1C(=O)NCc1ccc(-c2nn(C3CCCC3)c(N)c2C(N)=O)cc1F.Cc1ccccc1C(=O)NCc1ccc(-c2nn(C3CCOCC3F)c(N)c2C(N)=O)cc1.Cc1ccccc1C(=O)NCc1ccc(-c2nn(C3COCC3O)c(N)c2C(N)=O)cc1. The lowest BCUT2D eigenvalue weighted by Crippen LogP contribution is -2.32. The molecule has 130 heavy (non-hydrogen) atoms. The molecule has 676 valence electrons. The molecule has 2 saturated heterocycles. The zero-order chi connectivity index (χ0) is 92.9. The van der Waals surface area contributed by atoms with Gasteiger partial charge in [0.25, 0.3) is 47.3 Å². The van der Waals surface area contributed by atoms with Gasteiger partial charge in [0.15, 0.2) is 0 Å². The molecule has 4 unspecified atom stereocenters. The number of halogens is 3. The van der Waals surface area contributed by atoms with Crippen LogP contribution in [0.1, 0.15) is 215 Å². The van der Waals surface area contributed by atoms with E-state index in [0.717, 1.165) is 90.3 Å². The monoisotopic (exact) mass is 1770 g/mol. The summed E-state index contributed by atoms with van der Waals surface area (Å²) in [4.78, 5) is 98.2. The summed E-state index contributed by atoms with van der Waals surface area (Å²) >= 11 is 0. The Hall–Kier alpha value is -14.8. The molecule has 8 amide bonds. The molecule has 8 aromatic carbocycles. The highest BCUT2D eigenvalue weighted by atomic mass is 19.1. The fourth-order valence-corrected chi connectivity index (χ4v) is 16.5. The molecule has 0 radical (unpaired) electrons. The zero-order valence-electron chi connectivity index (χ0n) is 72.6. The number of anilines is 4. The number of carbonyl (C=O) groups excluding carboxylic acids is 8. The first-order valence-electron chi connectivity index (χ1n) is 42.7. The summed E-state index contributed by atoms with van der Waals surface area (Å²) < 4.78 is 60.7. The second kappa shape index (κ2) is 41.3. The van der Waals surface area contributed by atoms with Crippen molar-refractivity contribution in [3.8, 4) is 45.0 Å². The van der Waals surface area contributed by atoms with Gasteiger partial charge >= 0.3 is 0 Å². The second-order valence-corrected chi connectivity index (χ2v) is 32.7. The molecule has 6 heterocycles. The van der Waals surface area contributed by atoms with Crippen LogP contribution < -0.4 is 67.1 Å². The Morgan fingerprint density at radius 1 is 0.385 bits per heavy atom. The Bertz CT molecular complexity index is 6230. The first-order chi connectivity index (χ1) is 62.3. The van der Waals surface area contributed by atoms with Crippen LogP contribution in [0, 0.1) is 46.3 Å². The maximum absolute atomic E-state index is 14.9. The van der Waals surface area contributed by atoms with E-state index in [-0.39, 0.29) is 126 Å². The van der Waals surface area contributed by atoms with Gasteiger partial charge in [-0.3, -0.25) is 38.4 Å². The summed E-state index contributed by atoms with van der Waals surface area (Å²) in [5.41, 5.74) is 59.9. The molecule has 4 aromatic heterocycles. The molecule has 2 aliphatic heterocycles. The minimum Gasteiger partial charge on any atom is -0.388 e. The fraction of sp³-hybridized carbons (Fsp3) is 0.292. The van der Waals surface area contributed by atoms with Crippen molar-refractivity contribution in [1.29, 1.82) is 0 Å². The van der Waals surface area contributed by atoms with Crippen LogP contribution in [-0.2, 0) is 35.7 Å². The first kappa shape index (κ1) is 92.9. The molecule has 16 rings (SSSR count). The number of aromatic nitrogens is 8. The van der Waals surface area contributed by atoms with Crippen molar-refractivity contribution in [1.82, 2.24) is 60.4 Å². The summed E-state index contributed by atoms with van der Waals surface area (Å²) in [6.07, 6.45) is 6.34. The molecule has 12 aromatic rings. The van der Waals surface area contributed by atoms with E-state index >= 15 is 0 Å². The van der Waals surface area contributed by atoms with Crippen molar-refractivity contribution < 1.29 is 66.1 Å². The largest absolute Gasteiger partial charge is 0.388 e. The Labute approximate surface area is 747 Å². The minimum atomic E-state index is -1.28. The molecule has 2 aliphatic carbocycles. The van der Waals surface area contributed by atoms with Crippen molar-refractivity contribution in [2.75, 3.05) is 49.4 Å². The average molecular weight is 1770 g/mol. The number of primary amides is 4. The van der Waals surface area contributed by atoms with Gasteiger partial charge in [0.2, 0.25) is 0 Å². The Kier molecular flexibility index (Phi) is 29.5. The number of nitrogens with two attached hydrogens (primary N) is 8. The van der Waals surface area contributed by atoms with Crippen molar-refractivity contribution in [3.05, 3.63) is 282 Å². The maximum Gasteiger partial charge on any atom is 0.254 e. The van der Waals surface area contributed by atoms with Gasteiger partial charge in [-0.2, -0.15) is 20.4 Å². The third-order valence-electron chi connectivity index (χ3n) is 23.7. The quantitative estimate of drug-likeness (QED) is 0.0267. The lowest BCUT2D eigenvalue weighted by molar-refractivity contribution is 0.000592. The third-order valence-corrected chi connectivity index (χ3v) is 23.7. The van der Waals surface area contributed by atoms with E-state index in [4.69, 9.17) is 55.3 Å². The number of carbonyl (C=O) groups is 8. The van der Waals surface area contributed by atoms with Gasteiger partial charge in [-0.15, -0.1) is 0 Å². The number of nitrogens with zero attached hydrogens (tertiary/aromatic N) is 8. The lowest BCUT2D eigenvalue weighted by Gasteiger charge is -2.27. The standard InChI is InChI=1S/C25H28FN5O2.C24H26FN5O3.C24H26FN5O2.C23H25N5O4/c1-14-7-8-15(2)19(11-14)25(33)29-13-17-10-9-16(12-20(17)26)22-21(24(28)32)23(27)31(30-22)18-5-3-4-6-18;1-14-4-2-3-5-17(14)24(32)28-12-15-6-8-16(9-7-15)21-20(23(27)31)22(26)30(29-21)19-10-11-33-13-18(19)25;1-14-6-2-5-9-18(14)24(32)28-13-16-11-10-15(12-19(16)25)21-20(23(27)31)22(26)30(29-21)17-7-3-4-8-17;1-13-4-2-3-5-16(13)23(31)26-10-14-6-8-15(9-7-14)20-19(22(25)30)21(24)28(27-20)17-11-32-12-18(17)29/h7-12,18H,3-6,13,27H2,1-2H3,(H2,28,32)(H,29,33);2-9,18-19H,10-13,26H2,1H3,(H2,27,31)(H,28,32);2,5-6,9-12,17H,3-4,7-8,13,26H2,1H3,(H2,27,31)(H,28,32);2-9,17-18,29H,10-12,24H2,1H3,(H2,25,30)(H,26,31). The van der Waals surface area contributed by atoms with Crippen molar-refractivity contribution in [2.24, 2.45) is 22.9 Å². The minimum absolute atomic E-state index is 0.0274. The highest BCUT2D eigenvalue weighted by Gasteiger charge is 2.37. The second-order valence-electron chi connectivity index (χ2n) is 32.7. The average Bonchev–Trinajstić information content (AvgIpc) is 1.63. The molecule has 0 bridgehead atoms. The summed E-state index contributed by atoms with van der Waals surface area (Å²) in [7, 11) is 0. The summed E-state index contributed by atoms with van der Waals surface area (Å²) in [5.74, 6) is -4.13. The number of aliphatic hydroxyl groups excluding tert-OH is 1. The molecular weight excluding hydrogens is 1670 g/mol. The first-order valence-corrected chi connectivity index (χ1v) is 42.7. The number of benzene rings is 8. The van der Waals surface area contributed by atoms with Gasteiger partial charge in [-0.1, -0.05) is 171 Å². The van der Waals surface area contributed by atoms with Gasteiger partial charge in [0.05, 0.1) is 37.9 Å². The molecule has 21 N–H and O–H groups in total. The lowest BCUT2D eigenvalue weighted by atomic mass is 10.0. The van der Waals surface area contributed by atoms with Crippen LogP contribution in [0.3, 0.4) is 0 Å². The molecule has 31 nitrogen and oxygen atoms in total. The van der Waals surface area contributed by atoms with E-state index in [1.165, 1.54) is 21.5 Å². The Morgan fingerprint density at radius 3 is 1.08 bits per heavy atom. The van der Waals surface area contributed by atoms with Crippen LogP contribution in [0.4, 0.5) is 36.4 Å². The van der Waals surface area contributed by atoms with E-state index in [2.05, 4.69) is 41.7 Å². The van der Waals surface area contributed by atoms with Crippen molar-refractivity contribution >= 4 is 70.5 Å². The summed E-state index contributed by atoms with van der Waals surface area (Å²) in [6, 6.07) is 50.2. The number of alkyl halides is 1. The van der Waals surface area contributed by atoms with Crippen LogP contribution in [0.25, 0.3) is 45.0 Å². The number of aryl methyl sites for hydroxylation is 5. The van der Waals surface area contributed by atoms with Crippen LogP contribution >= 0.6 is 0 Å². The zero-order valence-corrected chi connectivity index (χ0v) is 72.6. The number of hydrogen-bond acceptors (Lipinski definition) is 19. The van der Waals surface area contributed by atoms with Gasteiger partial charge in [0.1, 0.15) is 98.3 Å². The van der Waals surface area contributed by atoms with E-state index < -0.39 is 59.6 Å². The molecule has 0 spiro atoms. The number of rotatable bonds is 24. The topological polar surface area (TPSA) is 503 Å². The molecule has 34 heteroatoms. The highest BCUT2D eigenvalue weighted by molar-refractivity contribution is 6.06. The maximum atomic E-state index is 14.9. The molecular formula is C96H105F3N20O11. The molecule has 4 aliphatic rings. The predicted molar refractivity (Wildman–Crippen MR) is 487 cm³/mol. The molecule has 4 atom stereocenters. The van der Waals surface area contributed by atoms with Crippen molar-refractivity contribution in [2.45, 2.75) is 155 Å². The Balaban J connectivity index is 0.000000148. The number of amides is 8. The van der Waals surface area contributed by atoms with Crippen LogP contribution in [-0.4, -0.2) is 130 Å². The van der Waals surface area contributed by atoms with Gasteiger partial charge in [0, 0.05) is 88.4 Å². The number of hydrogen-bond donors (Lipinski definition) is 13. The Morgan fingerprint density at radius 2 is 0.723 bits per heavy atom.